The number of ether oxygens (including phenoxy) is 1. The van der Waals surface area contributed by atoms with E-state index in [0.717, 1.165) is 30.9 Å². The van der Waals surface area contributed by atoms with Crippen molar-refractivity contribution in [2.45, 2.75) is 32.2 Å². The summed E-state index contributed by atoms with van der Waals surface area (Å²) >= 11 is 0. The average Bonchev–Trinajstić information content (AvgIpc) is 2.71. The van der Waals surface area contributed by atoms with Crippen LogP contribution in [-0.2, 0) is 24.2 Å². The molecule has 0 aliphatic carbocycles. The van der Waals surface area contributed by atoms with Crippen molar-refractivity contribution >= 4 is 17.5 Å². The summed E-state index contributed by atoms with van der Waals surface area (Å²) in [6, 6.07) is 9.90. The van der Waals surface area contributed by atoms with Gasteiger partial charge in [0.25, 0.3) is 0 Å². The number of nitrogens with zero attached hydrogens (tertiary/aromatic N) is 2. The number of urea groups is 1. The first kappa shape index (κ1) is 20.9. The van der Waals surface area contributed by atoms with E-state index in [1.165, 1.54) is 23.6 Å². The summed E-state index contributed by atoms with van der Waals surface area (Å²) in [6.07, 6.45) is -2.08. The van der Waals surface area contributed by atoms with Crippen molar-refractivity contribution in [2.75, 3.05) is 30.4 Å². The van der Waals surface area contributed by atoms with Gasteiger partial charge in [0.2, 0.25) is 0 Å². The highest BCUT2D eigenvalue weighted by Crippen LogP contribution is 2.24. The third-order valence-corrected chi connectivity index (χ3v) is 4.66. The minimum absolute atomic E-state index is 0.268. The highest BCUT2D eigenvalue weighted by molar-refractivity contribution is 5.92. The number of fused-ring (bicyclic) bond motifs is 1. The number of carbonyl (C=O) groups is 1. The van der Waals surface area contributed by atoms with Crippen molar-refractivity contribution in [1.29, 1.82) is 0 Å². The zero-order valence-corrected chi connectivity index (χ0v) is 16.1. The number of nitrogens with one attached hydrogen (secondary N) is 2. The molecule has 0 atom stereocenters. The molecule has 0 unspecified atom stereocenters. The van der Waals surface area contributed by atoms with Crippen LogP contribution in [0, 0.1) is 0 Å². The van der Waals surface area contributed by atoms with Crippen molar-refractivity contribution in [3.05, 3.63) is 53.2 Å². The lowest BCUT2D eigenvalue weighted by molar-refractivity contribution is -0.330. The number of aromatic nitrogens is 1. The molecule has 0 saturated heterocycles. The van der Waals surface area contributed by atoms with Crippen LogP contribution in [-0.4, -0.2) is 37.5 Å². The van der Waals surface area contributed by atoms with Gasteiger partial charge in [0.05, 0.1) is 12.3 Å². The molecule has 2 heterocycles. The molecule has 0 fully saturated rings. The Bertz CT molecular complexity index is 858. The second-order valence-corrected chi connectivity index (χ2v) is 6.74. The van der Waals surface area contributed by atoms with E-state index in [2.05, 4.69) is 26.4 Å². The van der Waals surface area contributed by atoms with Gasteiger partial charge in [-0.2, -0.15) is 0 Å². The van der Waals surface area contributed by atoms with Crippen molar-refractivity contribution in [1.82, 2.24) is 10.3 Å². The fourth-order valence-corrected chi connectivity index (χ4v) is 3.15. The van der Waals surface area contributed by atoms with E-state index in [4.69, 9.17) is 0 Å². The predicted molar refractivity (Wildman–Crippen MR) is 104 cm³/mol. The van der Waals surface area contributed by atoms with Crippen molar-refractivity contribution < 1.29 is 22.7 Å². The number of alkyl halides is 3. The van der Waals surface area contributed by atoms with E-state index in [1.807, 2.05) is 6.07 Å². The molecule has 1 aromatic heterocycles. The predicted octanol–water partition coefficient (Wildman–Crippen LogP) is 3.86. The average molecular weight is 408 g/mol. The fraction of sp³-hybridized carbons (Fsp3) is 0.400. The Morgan fingerprint density at radius 1 is 1.28 bits per heavy atom. The number of carbonyl (C=O) groups excluding carboxylic acids is 1. The Morgan fingerprint density at radius 3 is 2.86 bits per heavy atom. The third-order valence-electron chi connectivity index (χ3n) is 4.66. The molecule has 1 aliphatic rings. The van der Waals surface area contributed by atoms with Crippen LogP contribution in [0.5, 0.6) is 0 Å². The number of halogens is 3. The van der Waals surface area contributed by atoms with Crippen molar-refractivity contribution in [3.63, 3.8) is 0 Å². The zero-order chi connectivity index (χ0) is 20.9. The second kappa shape index (κ2) is 9.13. The van der Waals surface area contributed by atoms with Gasteiger partial charge in [0.15, 0.2) is 0 Å². The Labute approximate surface area is 167 Å². The number of benzene rings is 1. The highest BCUT2D eigenvalue weighted by Gasteiger charge is 2.29. The Hall–Kier alpha value is -2.81. The number of hydrogen-bond donors (Lipinski definition) is 2. The molecule has 0 spiro atoms. The lowest BCUT2D eigenvalue weighted by atomic mass is 10.1. The number of para-hydroxylation sites is 1. The second-order valence-electron chi connectivity index (χ2n) is 6.74. The molecule has 0 saturated carbocycles. The highest BCUT2D eigenvalue weighted by atomic mass is 19.4. The molecule has 1 aromatic carbocycles. The maximum Gasteiger partial charge on any atom is 0.522 e. The molecular weight excluding hydrogens is 385 g/mol. The molecule has 3 rings (SSSR count). The quantitative estimate of drug-likeness (QED) is 0.762. The topological polar surface area (TPSA) is 66.5 Å². The van der Waals surface area contributed by atoms with Crippen LogP contribution < -0.4 is 15.5 Å². The fourth-order valence-electron chi connectivity index (χ4n) is 3.15. The molecule has 1 aliphatic heterocycles. The lowest BCUT2D eigenvalue weighted by Crippen LogP contribution is -2.38. The van der Waals surface area contributed by atoms with E-state index < -0.39 is 19.0 Å². The van der Waals surface area contributed by atoms with Crippen LogP contribution in [0.4, 0.5) is 29.5 Å². The van der Waals surface area contributed by atoms with E-state index >= 15 is 0 Å². The van der Waals surface area contributed by atoms with E-state index in [-0.39, 0.29) is 5.56 Å². The van der Waals surface area contributed by atoms with E-state index in [9.17, 15) is 18.0 Å². The first-order valence-corrected chi connectivity index (χ1v) is 9.36. The number of anilines is 2. The van der Waals surface area contributed by atoms with E-state index in [0.29, 0.717) is 18.7 Å². The lowest BCUT2D eigenvalue weighted by Gasteiger charge is -2.21. The van der Waals surface area contributed by atoms with Gasteiger partial charge >= 0.3 is 12.4 Å². The standard InChI is InChI=1S/C20H23F3N4O2/c1-27(17-7-3-2-5-15(17)13-29-20(21,22)23)19(28)25-12-10-16-9-8-14-6-4-11-24-18(14)26-16/h2-3,5,7-9H,4,6,10-13H2,1H3,(H,24,26)(H,25,28). The van der Waals surface area contributed by atoms with Gasteiger partial charge < -0.3 is 10.6 Å². The van der Waals surface area contributed by atoms with Gasteiger partial charge in [0.1, 0.15) is 5.82 Å². The molecule has 6 nitrogen and oxygen atoms in total. The van der Waals surface area contributed by atoms with Crippen molar-refractivity contribution in [2.24, 2.45) is 0 Å². The van der Waals surface area contributed by atoms with Gasteiger partial charge in [-0.1, -0.05) is 24.3 Å². The monoisotopic (exact) mass is 408 g/mol. The Morgan fingerprint density at radius 2 is 2.07 bits per heavy atom. The number of aryl methyl sites for hydroxylation is 1. The van der Waals surface area contributed by atoms with Gasteiger partial charge in [-0.15, -0.1) is 13.2 Å². The molecule has 2 N–H and O–H groups in total. The van der Waals surface area contributed by atoms with Gasteiger partial charge in [0, 0.05) is 37.8 Å². The van der Waals surface area contributed by atoms with Crippen LogP contribution in [0.1, 0.15) is 23.2 Å². The van der Waals surface area contributed by atoms with Crippen LogP contribution in [0.15, 0.2) is 36.4 Å². The minimum atomic E-state index is -4.73. The Kier molecular flexibility index (Phi) is 6.58. The number of amides is 2. The largest absolute Gasteiger partial charge is 0.522 e. The molecular formula is C20H23F3N4O2. The number of pyridine rings is 1. The number of rotatable bonds is 6. The maximum atomic E-state index is 12.4. The first-order valence-electron chi connectivity index (χ1n) is 9.36. The normalized spacial score (nSPS) is 13.4. The van der Waals surface area contributed by atoms with Crippen molar-refractivity contribution in [3.8, 4) is 0 Å². The molecule has 0 radical (unpaired) electrons. The molecule has 2 amide bonds. The van der Waals surface area contributed by atoms with Gasteiger partial charge in [-0.05, 0) is 30.5 Å². The van der Waals surface area contributed by atoms with E-state index in [1.54, 1.807) is 18.2 Å². The third kappa shape index (κ3) is 5.83. The van der Waals surface area contributed by atoms with Crippen LogP contribution in [0.25, 0.3) is 0 Å². The summed E-state index contributed by atoms with van der Waals surface area (Å²) in [5.41, 5.74) is 2.68. The summed E-state index contributed by atoms with van der Waals surface area (Å²) in [6.45, 7) is 0.599. The molecule has 29 heavy (non-hydrogen) atoms. The molecule has 0 bridgehead atoms. The summed E-state index contributed by atoms with van der Waals surface area (Å²) in [7, 11) is 1.50. The SMILES string of the molecule is CN(C(=O)NCCc1ccc2c(n1)NCCC2)c1ccccc1COC(F)(F)F. The molecule has 9 heteroatoms. The summed E-state index contributed by atoms with van der Waals surface area (Å²) in [5, 5.41) is 6.04. The maximum absolute atomic E-state index is 12.4. The number of hydrogen-bond acceptors (Lipinski definition) is 4. The smallest absolute Gasteiger partial charge is 0.370 e. The zero-order valence-electron chi connectivity index (χ0n) is 16.1. The van der Waals surface area contributed by atoms with Crippen LogP contribution in [0.2, 0.25) is 0 Å². The van der Waals surface area contributed by atoms with Crippen LogP contribution >= 0.6 is 0 Å². The first-order chi connectivity index (χ1) is 13.8. The minimum Gasteiger partial charge on any atom is -0.370 e. The van der Waals surface area contributed by atoms with Gasteiger partial charge in [-0.3, -0.25) is 9.64 Å². The molecule has 156 valence electrons. The molecule has 2 aromatic rings. The Balaban J connectivity index is 1.56. The van der Waals surface area contributed by atoms with Gasteiger partial charge in [-0.25, -0.2) is 9.78 Å². The summed E-state index contributed by atoms with van der Waals surface area (Å²) in [4.78, 5) is 18.3. The summed E-state index contributed by atoms with van der Waals surface area (Å²) < 4.78 is 40.9. The van der Waals surface area contributed by atoms with Crippen LogP contribution in [0.3, 0.4) is 0 Å². The summed E-state index contributed by atoms with van der Waals surface area (Å²) in [5.74, 6) is 0.899.